The molecule has 1 aromatic rings. The summed E-state index contributed by atoms with van der Waals surface area (Å²) < 4.78 is 20.0. The first-order valence-electron chi connectivity index (χ1n) is 8.21. The van der Waals surface area contributed by atoms with Crippen LogP contribution in [-0.2, 0) is 4.74 Å². The summed E-state index contributed by atoms with van der Waals surface area (Å²) in [5, 5.41) is 0. The molecule has 2 rings (SSSR count). The van der Waals surface area contributed by atoms with Crippen LogP contribution in [0.5, 0.6) is 0 Å². The van der Waals surface area contributed by atoms with Gasteiger partial charge in [-0.2, -0.15) is 0 Å². The van der Waals surface area contributed by atoms with Crippen LogP contribution < -0.4 is 0 Å². The quantitative estimate of drug-likeness (QED) is 0.735. The van der Waals surface area contributed by atoms with E-state index in [0.717, 1.165) is 5.56 Å². The Labute approximate surface area is 156 Å². The summed E-state index contributed by atoms with van der Waals surface area (Å²) in [6.45, 7) is 8.05. The lowest BCUT2D eigenvalue weighted by Crippen LogP contribution is -2.42. The molecule has 0 saturated carbocycles. The van der Waals surface area contributed by atoms with Gasteiger partial charge in [0.25, 0.3) is 5.91 Å². The molecule has 7 heteroatoms. The number of rotatable bonds is 2. The largest absolute Gasteiger partial charge is 0.444 e. The highest BCUT2D eigenvalue weighted by Gasteiger charge is 2.34. The Bertz CT molecular complexity index is 688. The molecular weight excluding hydrogens is 391 g/mol. The van der Waals surface area contributed by atoms with E-state index in [0.29, 0.717) is 24.0 Å². The van der Waals surface area contributed by atoms with E-state index in [1.165, 1.54) is 11.0 Å². The van der Waals surface area contributed by atoms with Gasteiger partial charge >= 0.3 is 6.09 Å². The fourth-order valence-electron chi connectivity index (χ4n) is 2.74. The first kappa shape index (κ1) is 19.7. The Kier molecular flexibility index (Phi) is 5.76. The molecule has 1 aliphatic rings. The number of amides is 2. The lowest BCUT2D eigenvalue weighted by atomic mass is 10.1. The Morgan fingerprint density at radius 2 is 2.00 bits per heavy atom. The summed E-state index contributed by atoms with van der Waals surface area (Å²) in [4.78, 5) is 28.0. The molecule has 0 spiro atoms. The zero-order valence-electron chi connectivity index (χ0n) is 15.2. The normalized spacial score (nSPS) is 17.6. The van der Waals surface area contributed by atoms with Gasteiger partial charge in [0.05, 0.1) is 11.6 Å². The van der Waals surface area contributed by atoms with Crippen molar-refractivity contribution < 1.29 is 18.7 Å². The number of likely N-dealkylation sites (tertiary alicyclic amines) is 1. The standard InChI is InChI=1S/C18H24BrFN2O3/c1-11-6-7-13(20)14(15(11)19)16(23)22-9-8-12(10-22)21(5)17(24)25-18(2,3)4/h6-7,12H,8-10H2,1-5H3/t12-/m1/s1. The molecule has 1 aliphatic heterocycles. The van der Waals surface area contributed by atoms with Gasteiger partial charge in [-0.3, -0.25) is 4.79 Å². The van der Waals surface area contributed by atoms with Crippen LogP contribution >= 0.6 is 15.9 Å². The molecule has 2 amide bonds. The van der Waals surface area contributed by atoms with Gasteiger partial charge in [-0.25, -0.2) is 9.18 Å². The Morgan fingerprint density at radius 1 is 1.36 bits per heavy atom. The molecule has 1 aromatic carbocycles. The number of ether oxygens (including phenoxy) is 1. The van der Waals surface area contributed by atoms with Crippen molar-refractivity contribution >= 4 is 27.9 Å². The van der Waals surface area contributed by atoms with Gasteiger partial charge in [-0.1, -0.05) is 6.07 Å². The predicted octanol–water partition coefficient (Wildman–Crippen LogP) is 3.98. The summed E-state index contributed by atoms with van der Waals surface area (Å²) in [5.74, 6) is -0.917. The first-order valence-corrected chi connectivity index (χ1v) is 9.00. The molecule has 1 atom stereocenters. The van der Waals surface area contributed by atoms with E-state index >= 15 is 0 Å². The van der Waals surface area contributed by atoms with Crippen molar-refractivity contribution in [3.8, 4) is 0 Å². The van der Waals surface area contributed by atoms with Gasteiger partial charge in [-0.15, -0.1) is 0 Å². The number of aryl methyl sites for hydroxylation is 1. The molecule has 0 aromatic heterocycles. The molecular formula is C18H24BrFN2O3. The first-order chi connectivity index (χ1) is 11.5. The second kappa shape index (κ2) is 7.32. The molecule has 1 saturated heterocycles. The fraction of sp³-hybridized carbons (Fsp3) is 0.556. The topological polar surface area (TPSA) is 49.9 Å². The number of likely N-dealkylation sites (N-methyl/N-ethyl adjacent to an activating group) is 1. The van der Waals surface area contributed by atoms with Crippen LogP contribution in [-0.4, -0.2) is 53.6 Å². The summed E-state index contributed by atoms with van der Waals surface area (Å²) in [6, 6.07) is 2.78. The average molecular weight is 415 g/mol. The van der Waals surface area contributed by atoms with E-state index in [2.05, 4.69) is 15.9 Å². The molecule has 0 N–H and O–H groups in total. The SMILES string of the molecule is Cc1ccc(F)c(C(=O)N2CC[C@@H](N(C)C(=O)OC(C)(C)C)C2)c1Br. The van der Waals surface area contributed by atoms with E-state index in [4.69, 9.17) is 4.74 Å². The number of hydrogen-bond acceptors (Lipinski definition) is 3. The fourth-order valence-corrected chi connectivity index (χ4v) is 3.23. The summed E-state index contributed by atoms with van der Waals surface area (Å²) in [6.07, 6.45) is 0.210. The van der Waals surface area contributed by atoms with Crippen molar-refractivity contribution in [2.24, 2.45) is 0 Å². The van der Waals surface area contributed by atoms with Gasteiger partial charge in [0.15, 0.2) is 0 Å². The zero-order chi connectivity index (χ0) is 18.9. The minimum Gasteiger partial charge on any atom is -0.444 e. The molecule has 25 heavy (non-hydrogen) atoms. The van der Waals surface area contributed by atoms with E-state index in [1.54, 1.807) is 38.8 Å². The van der Waals surface area contributed by atoms with Gasteiger partial charge < -0.3 is 14.5 Å². The van der Waals surface area contributed by atoms with Crippen LogP contribution in [0.25, 0.3) is 0 Å². The zero-order valence-corrected chi connectivity index (χ0v) is 16.8. The van der Waals surface area contributed by atoms with Crippen LogP contribution in [0.4, 0.5) is 9.18 Å². The smallest absolute Gasteiger partial charge is 0.410 e. The summed E-state index contributed by atoms with van der Waals surface area (Å²) in [7, 11) is 1.66. The van der Waals surface area contributed by atoms with E-state index in [1.807, 2.05) is 6.92 Å². The molecule has 1 heterocycles. The second-order valence-corrected chi connectivity index (χ2v) is 8.13. The maximum atomic E-state index is 14.1. The molecule has 1 fully saturated rings. The van der Waals surface area contributed by atoms with E-state index in [9.17, 15) is 14.0 Å². The lowest BCUT2D eigenvalue weighted by molar-refractivity contribution is 0.0226. The number of benzene rings is 1. The molecule has 0 bridgehead atoms. The third-order valence-electron chi connectivity index (χ3n) is 4.18. The summed E-state index contributed by atoms with van der Waals surface area (Å²) in [5.41, 5.74) is 0.265. The monoisotopic (exact) mass is 414 g/mol. The highest BCUT2D eigenvalue weighted by atomic mass is 79.9. The van der Waals surface area contributed by atoms with Gasteiger partial charge in [0.1, 0.15) is 11.4 Å². The van der Waals surface area contributed by atoms with Gasteiger partial charge in [0.2, 0.25) is 0 Å². The maximum Gasteiger partial charge on any atom is 0.410 e. The Hall–Kier alpha value is -1.63. The third-order valence-corrected chi connectivity index (χ3v) is 5.20. The molecule has 5 nitrogen and oxygen atoms in total. The minimum atomic E-state index is -0.574. The van der Waals surface area contributed by atoms with Crippen molar-refractivity contribution in [3.63, 3.8) is 0 Å². The lowest BCUT2D eigenvalue weighted by Gasteiger charge is -2.28. The molecule has 0 aliphatic carbocycles. The third kappa shape index (κ3) is 4.51. The van der Waals surface area contributed by atoms with Crippen LogP contribution in [0.1, 0.15) is 43.1 Å². The maximum absolute atomic E-state index is 14.1. The number of halogens is 2. The molecule has 0 radical (unpaired) electrons. The van der Waals surface area contributed by atoms with Crippen LogP contribution in [0.3, 0.4) is 0 Å². The van der Waals surface area contributed by atoms with Crippen molar-refractivity contribution in [1.29, 1.82) is 0 Å². The molecule has 0 unspecified atom stereocenters. The van der Waals surface area contributed by atoms with Crippen molar-refractivity contribution in [2.75, 3.05) is 20.1 Å². The number of hydrogen-bond donors (Lipinski definition) is 0. The van der Waals surface area contributed by atoms with Crippen LogP contribution in [0.15, 0.2) is 16.6 Å². The number of nitrogens with zero attached hydrogens (tertiary/aromatic N) is 2. The predicted molar refractivity (Wildman–Crippen MR) is 97.1 cm³/mol. The highest BCUT2D eigenvalue weighted by Crippen LogP contribution is 2.27. The van der Waals surface area contributed by atoms with Crippen LogP contribution in [0, 0.1) is 12.7 Å². The number of carbonyl (C=O) groups excluding carboxylic acids is 2. The Morgan fingerprint density at radius 3 is 2.60 bits per heavy atom. The van der Waals surface area contributed by atoms with Crippen molar-refractivity contribution in [2.45, 2.75) is 45.8 Å². The van der Waals surface area contributed by atoms with Crippen LogP contribution in [0.2, 0.25) is 0 Å². The highest BCUT2D eigenvalue weighted by molar-refractivity contribution is 9.10. The van der Waals surface area contributed by atoms with Crippen molar-refractivity contribution in [1.82, 2.24) is 9.80 Å². The van der Waals surface area contributed by atoms with E-state index in [-0.39, 0.29) is 17.5 Å². The Balaban J connectivity index is 2.09. The van der Waals surface area contributed by atoms with Gasteiger partial charge in [0, 0.05) is 24.6 Å². The number of carbonyl (C=O) groups is 2. The minimum absolute atomic E-state index is 0.0422. The van der Waals surface area contributed by atoms with E-state index < -0.39 is 17.5 Å². The van der Waals surface area contributed by atoms with Gasteiger partial charge in [-0.05, 0) is 61.7 Å². The summed E-state index contributed by atoms with van der Waals surface area (Å²) >= 11 is 3.31. The molecule has 138 valence electrons. The van der Waals surface area contributed by atoms with Crippen molar-refractivity contribution in [3.05, 3.63) is 33.5 Å². The average Bonchev–Trinajstić information content (AvgIpc) is 2.98. The second-order valence-electron chi connectivity index (χ2n) is 7.34.